The van der Waals surface area contributed by atoms with Crippen molar-refractivity contribution < 1.29 is 8.42 Å². The molecule has 0 saturated carbocycles. The highest BCUT2D eigenvalue weighted by Gasteiger charge is 2.40. The molecule has 2 rings (SSSR count). The lowest BCUT2D eigenvalue weighted by molar-refractivity contribution is 0.576. The van der Waals surface area contributed by atoms with E-state index >= 15 is 0 Å². The van der Waals surface area contributed by atoms with Gasteiger partial charge in [0, 0.05) is 0 Å². The maximum atomic E-state index is 12.3. The van der Waals surface area contributed by atoms with Crippen LogP contribution in [0.2, 0.25) is 0 Å². The number of hydrogen-bond acceptors (Lipinski definition) is 2. The first kappa shape index (κ1) is 11.6. The Morgan fingerprint density at radius 3 is 2.50 bits per heavy atom. The van der Waals surface area contributed by atoms with E-state index < -0.39 is 9.84 Å². The smallest absolute Gasteiger partial charge is 0.160 e. The van der Waals surface area contributed by atoms with Crippen molar-refractivity contribution in [3.05, 3.63) is 35.9 Å². The van der Waals surface area contributed by atoms with Crippen LogP contribution in [0.1, 0.15) is 43.4 Å². The summed E-state index contributed by atoms with van der Waals surface area (Å²) in [7, 11) is -2.94. The maximum Gasteiger partial charge on any atom is 0.160 e. The van der Waals surface area contributed by atoms with Gasteiger partial charge >= 0.3 is 0 Å². The van der Waals surface area contributed by atoms with Gasteiger partial charge in [-0.3, -0.25) is 0 Å². The van der Waals surface area contributed by atoms with E-state index in [9.17, 15) is 8.42 Å². The van der Waals surface area contributed by atoms with Crippen molar-refractivity contribution in [2.45, 2.75) is 43.1 Å². The fraction of sp³-hybridized carbons (Fsp3) is 0.538. The summed E-state index contributed by atoms with van der Waals surface area (Å²) in [5, 5.41) is -0.368. The van der Waals surface area contributed by atoms with Crippen LogP contribution < -0.4 is 0 Å². The lowest BCUT2D eigenvalue weighted by Crippen LogP contribution is -2.18. The molecule has 1 aliphatic heterocycles. The normalized spacial score (nSPS) is 28.1. The lowest BCUT2D eigenvalue weighted by atomic mass is 10.1. The zero-order chi connectivity index (χ0) is 11.6. The highest BCUT2D eigenvalue weighted by atomic mass is 32.2. The van der Waals surface area contributed by atoms with Crippen molar-refractivity contribution in [2.24, 2.45) is 0 Å². The number of rotatable bonds is 3. The average Bonchev–Trinajstić information content (AvgIpc) is 2.57. The first-order valence-corrected chi connectivity index (χ1v) is 7.55. The van der Waals surface area contributed by atoms with E-state index in [0.717, 1.165) is 31.2 Å². The van der Waals surface area contributed by atoms with Gasteiger partial charge in [0.1, 0.15) is 0 Å². The molecule has 16 heavy (non-hydrogen) atoms. The first-order chi connectivity index (χ1) is 7.66. The first-order valence-electron chi connectivity index (χ1n) is 5.94. The van der Waals surface area contributed by atoms with Crippen LogP contribution in [0.15, 0.2) is 30.3 Å². The van der Waals surface area contributed by atoms with Crippen molar-refractivity contribution in [2.75, 3.05) is 0 Å². The van der Waals surface area contributed by atoms with Gasteiger partial charge in [0.25, 0.3) is 0 Å². The molecule has 0 radical (unpaired) electrons. The van der Waals surface area contributed by atoms with Gasteiger partial charge in [-0.05, 0) is 24.8 Å². The summed E-state index contributed by atoms with van der Waals surface area (Å²) in [6, 6.07) is 9.61. The SMILES string of the molecule is CCCC1CCC(c2ccccc2)S1(=O)=O. The molecule has 0 amide bonds. The van der Waals surface area contributed by atoms with Crippen LogP contribution in [0.5, 0.6) is 0 Å². The van der Waals surface area contributed by atoms with E-state index in [-0.39, 0.29) is 10.5 Å². The molecule has 2 unspecified atom stereocenters. The van der Waals surface area contributed by atoms with E-state index in [0.29, 0.717) is 0 Å². The van der Waals surface area contributed by atoms with Gasteiger partial charge in [0.15, 0.2) is 9.84 Å². The minimum atomic E-state index is -2.94. The summed E-state index contributed by atoms with van der Waals surface area (Å²) in [6.45, 7) is 2.05. The second kappa shape index (κ2) is 4.58. The van der Waals surface area contributed by atoms with E-state index in [4.69, 9.17) is 0 Å². The summed E-state index contributed by atoms with van der Waals surface area (Å²) in [4.78, 5) is 0. The molecule has 88 valence electrons. The van der Waals surface area contributed by atoms with E-state index in [1.54, 1.807) is 0 Å². The molecule has 0 bridgehead atoms. The second-order valence-corrected chi connectivity index (χ2v) is 6.89. The molecule has 1 aromatic rings. The molecule has 1 heterocycles. The summed E-state index contributed by atoms with van der Waals surface area (Å²) in [5.41, 5.74) is 0.959. The molecular weight excluding hydrogens is 220 g/mol. The van der Waals surface area contributed by atoms with Crippen molar-refractivity contribution in [1.82, 2.24) is 0 Å². The number of sulfone groups is 1. The van der Waals surface area contributed by atoms with Crippen LogP contribution in [-0.4, -0.2) is 13.7 Å². The molecule has 0 N–H and O–H groups in total. The second-order valence-electron chi connectivity index (χ2n) is 4.48. The molecule has 0 aliphatic carbocycles. The van der Waals surface area contributed by atoms with Gasteiger partial charge in [-0.2, -0.15) is 0 Å². The number of hydrogen-bond donors (Lipinski definition) is 0. The minimum Gasteiger partial charge on any atom is -0.228 e. The van der Waals surface area contributed by atoms with Crippen molar-refractivity contribution in [3.63, 3.8) is 0 Å². The maximum absolute atomic E-state index is 12.3. The van der Waals surface area contributed by atoms with Gasteiger partial charge in [-0.15, -0.1) is 0 Å². The highest BCUT2D eigenvalue weighted by Crippen LogP contribution is 2.40. The molecule has 0 aromatic heterocycles. The zero-order valence-electron chi connectivity index (χ0n) is 9.59. The Balaban J connectivity index is 2.27. The van der Waals surface area contributed by atoms with Crippen LogP contribution in [0, 0.1) is 0 Å². The highest BCUT2D eigenvalue weighted by molar-refractivity contribution is 7.92. The monoisotopic (exact) mass is 238 g/mol. The van der Waals surface area contributed by atoms with Gasteiger partial charge in [0.05, 0.1) is 10.5 Å². The van der Waals surface area contributed by atoms with E-state index in [1.165, 1.54) is 0 Å². The Morgan fingerprint density at radius 1 is 1.19 bits per heavy atom. The summed E-state index contributed by atoms with van der Waals surface area (Å²) < 4.78 is 24.6. The molecule has 0 spiro atoms. The van der Waals surface area contributed by atoms with Crippen LogP contribution >= 0.6 is 0 Å². The Kier molecular flexibility index (Phi) is 3.33. The summed E-state index contributed by atoms with van der Waals surface area (Å²) >= 11 is 0. The third-order valence-corrected chi connectivity index (χ3v) is 6.10. The van der Waals surface area contributed by atoms with Crippen LogP contribution in [0.4, 0.5) is 0 Å². The molecule has 3 heteroatoms. The Labute approximate surface area is 97.6 Å². The zero-order valence-corrected chi connectivity index (χ0v) is 10.4. The van der Waals surface area contributed by atoms with Crippen LogP contribution in [0.25, 0.3) is 0 Å². The Bertz CT molecular complexity index is 436. The predicted octanol–water partition coefficient (Wildman–Crippen LogP) is 3.11. The van der Waals surface area contributed by atoms with E-state index in [1.807, 2.05) is 37.3 Å². The molecule has 1 saturated heterocycles. The van der Waals surface area contributed by atoms with Gasteiger partial charge in [0.2, 0.25) is 0 Å². The Morgan fingerprint density at radius 2 is 1.88 bits per heavy atom. The number of benzene rings is 1. The largest absolute Gasteiger partial charge is 0.228 e. The van der Waals surface area contributed by atoms with Gasteiger partial charge in [-0.1, -0.05) is 43.7 Å². The van der Waals surface area contributed by atoms with E-state index in [2.05, 4.69) is 0 Å². The summed E-state index contributed by atoms with van der Waals surface area (Å²) in [5.74, 6) is 0. The predicted molar refractivity (Wildman–Crippen MR) is 66.0 cm³/mol. The topological polar surface area (TPSA) is 34.1 Å². The third kappa shape index (κ3) is 2.01. The molecule has 1 aliphatic rings. The molecule has 2 nitrogen and oxygen atoms in total. The van der Waals surface area contributed by atoms with Gasteiger partial charge < -0.3 is 0 Å². The minimum absolute atomic E-state index is 0.109. The van der Waals surface area contributed by atoms with Crippen molar-refractivity contribution in [3.8, 4) is 0 Å². The molecule has 1 fully saturated rings. The van der Waals surface area contributed by atoms with Crippen LogP contribution in [0.3, 0.4) is 0 Å². The van der Waals surface area contributed by atoms with Crippen molar-refractivity contribution >= 4 is 9.84 Å². The third-order valence-electron chi connectivity index (χ3n) is 3.39. The fourth-order valence-corrected chi connectivity index (χ4v) is 5.05. The lowest BCUT2D eigenvalue weighted by Gasteiger charge is -2.13. The van der Waals surface area contributed by atoms with Gasteiger partial charge in [-0.25, -0.2) is 8.42 Å². The molecule has 2 atom stereocenters. The standard InChI is InChI=1S/C13H18O2S/c1-2-6-12-9-10-13(16(12,14)15)11-7-4-3-5-8-11/h3-5,7-8,12-13H,2,6,9-10H2,1H3. The average molecular weight is 238 g/mol. The fourth-order valence-electron chi connectivity index (χ4n) is 2.55. The Hall–Kier alpha value is -0.830. The molecular formula is C13H18O2S. The van der Waals surface area contributed by atoms with Crippen LogP contribution in [-0.2, 0) is 9.84 Å². The summed E-state index contributed by atoms with van der Waals surface area (Å²) in [6.07, 6.45) is 3.38. The quantitative estimate of drug-likeness (QED) is 0.811. The van der Waals surface area contributed by atoms with Crippen molar-refractivity contribution in [1.29, 1.82) is 0 Å². The molecule has 1 aromatic carbocycles.